The van der Waals surface area contributed by atoms with Crippen molar-refractivity contribution in [2.75, 3.05) is 14.2 Å². The lowest BCUT2D eigenvalue weighted by molar-refractivity contribution is 0.00577. The average molecular weight is 155 g/mol. The lowest BCUT2D eigenvalue weighted by Gasteiger charge is -2.23. The van der Waals surface area contributed by atoms with Gasteiger partial charge in [-0.25, -0.2) is 0 Å². The zero-order valence-corrected chi connectivity index (χ0v) is 7.58. The van der Waals surface area contributed by atoms with Gasteiger partial charge < -0.3 is 9.64 Å². The molecule has 0 radical (unpaired) electrons. The molecular formula is C9H17NO. The van der Waals surface area contributed by atoms with E-state index < -0.39 is 0 Å². The smallest absolute Gasteiger partial charge is 0.128 e. The van der Waals surface area contributed by atoms with Gasteiger partial charge in [0.15, 0.2) is 0 Å². The maximum atomic E-state index is 5.20. The van der Waals surface area contributed by atoms with Gasteiger partial charge in [0.2, 0.25) is 0 Å². The predicted molar refractivity (Wildman–Crippen MR) is 48.2 cm³/mol. The maximum Gasteiger partial charge on any atom is 0.128 e. The van der Waals surface area contributed by atoms with Crippen LogP contribution in [0.25, 0.3) is 0 Å². The van der Waals surface area contributed by atoms with Crippen molar-refractivity contribution in [3.63, 3.8) is 0 Å². The second-order valence-corrected chi connectivity index (χ2v) is 2.34. The number of ether oxygens (including phenoxy) is 1. The highest BCUT2D eigenvalue weighted by Gasteiger charge is 2.05. The minimum atomic E-state index is 0.172. The van der Waals surface area contributed by atoms with Crippen LogP contribution < -0.4 is 0 Å². The van der Waals surface area contributed by atoms with E-state index in [1.54, 1.807) is 13.2 Å². The van der Waals surface area contributed by atoms with Crippen LogP contribution in [0, 0.1) is 0 Å². The summed E-state index contributed by atoms with van der Waals surface area (Å²) in [6.45, 7) is 5.68. The van der Waals surface area contributed by atoms with E-state index in [1.165, 1.54) is 0 Å². The van der Waals surface area contributed by atoms with Crippen molar-refractivity contribution in [2.45, 2.75) is 19.6 Å². The number of rotatable bonds is 5. The van der Waals surface area contributed by atoms with E-state index in [4.69, 9.17) is 4.74 Å². The van der Waals surface area contributed by atoms with Crippen molar-refractivity contribution in [3.05, 3.63) is 24.9 Å². The fraction of sp³-hybridized carbons (Fsp3) is 0.556. The van der Waals surface area contributed by atoms with Crippen LogP contribution in [-0.4, -0.2) is 25.3 Å². The van der Waals surface area contributed by atoms with E-state index in [0.717, 1.165) is 6.42 Å². The minimum Gasteiger partial charge on any atom is -0.362 e. The van der Waals surface area contributed by atoms with Gasteiger partial charge >= 0.3 is 0 Å². The SMILES string of the molecule is C=C/C=C\N(C)C(CC)OC. The van der Waals surface area contributed by atoms with Crippen LogP contribution in [0.15, 0.2) is 24.9 Å². The van der Waals surface area contributed by atoms with E-state index in [9.17, 15) is 0 Å². The van der Waals surface area contributed by atoms with Crippen molar-refractivity contribution in [3.8, 4) is 0 Å². The van der Waals surface area contributed by atoms with Crippen LogP contribution >= 0.6 is 0 Å². The third kappa shape index (κ3) is 3.83. The molecule has 0 saturated carbocycles. The number of methoxy groups -OCH3 is 1. The molecular weight excluding hydrogens is 138 g/mol. The van der Waals surface area contributed by atoms with Crippen LogP contribution in [0.3, 0.4) is 0 Å². The molecule has 1 unspecified atom stereocenters. The molecule has 0 aromatic rings. The van der Waals surface area contributed by atoms with Crippen molar-refractivity contribution in [2.24, 2.45) is 0 Å². The molecule has 11 heavy (non-hydrogen) atoms. The third-order valence-corrected chi connectivity index (χ3v) is 1.53. The van der Waals surface area contributed by atoms with Gasteiger partial charge in [0.05, 0.1) is 0 Å². The van der Waals surface area contributed by atoms with E-state index in [-0.39, 0.29) is 6.23 Å². The summed E-state index contributed by atoms with van der Waals surface area (Å²) in [6.07, 6.45) is 6.74. The molecule has 0 aromatic heterocycles. The molecule has 0 N–H and O–H groups in total. The highest BCUT2D eigenvalue weighted by molar-refractivity contribution is 4.96. The Morgan fingerprint density at radius 3 is 2.64 bits per heavy atom. The van der Waals surface area contributed by atoms with Crippen LogP contribution in [0.5, 0.6) is 0 Å². The lowest BCUT2D eigenvalue weighted by atomic mass is 10.4. The van der Waals surface area contributed by atoms with E-state index in [1.807, 2.05) is 24.2 Å². The van der Waals surface area contributed by atoms with Crippen molar-refractivity contribution in [1.29, 1.82) is 0 Å². The Bertz CT molecular complexity index is 128. The highest BCUT2D eigenvalue weighted by atomic mass is 16.5. The number of nitrogens with zero attached hydrogens (tertiary/aromatic N) is 1. The van der Waals surface area contributed by atoms with Crippen LogP contribution in [0.1, 0.15) is 13.3 Å². The second kappa shape index (κ2) is 5.98. The fourth-order valence-electron chi connectivity index (χ4n) is 0.914. The number of hydrogen-bond acceptors (Lipinski definition) is 2. The van der Waals surface area contributed by atoms with Gasteiger partial charge in [-0.15, -0.1) is 0 Å². The predicted octanol–water partition coefficient (Wildman–Crippen LogP) is 2.00. The van der Waals surface area contributed by atoms with Crippen LogP contribution in [0.4, 0.5) is 0 Å². The molecule has 0 aliphatic carbocycles. The molecule has 0 heterocycles. The van der Waals surface area contributed by atoms with Crippen molar-refractivity contribution < 1.29 is 4.74 Å². The first kappa shape index (κ1) is 10.2. The van der Waals surface area contributed by atoms with E-state index >= 15 is 0 Å². The first-order valence-electron chi connectivity index (χ1n) is 3.80. The van der Waals surface area contributed by atoms with E-state index in [0.29, 0.717) is 0 Å². The molecule has 0 amide bonds. The summed E-state index contributed by atoms with van der Waals surface area (Å²) >= 11 is 0. The molecule has 0 saturated heterocycles. The molecule has 1 atom stereocenters. The second-order valence-electron chi connectivity index (χ2n) is 2.34. The van der Waals surface area contributed by atoms with Crippen molar-refractivity contribution >= 4 is 0 Å². The Morgan fingerprint density at radius 2 is 2.27 bits per heavy atom. The Morgan fingerprint density at radius 1 is 1.64 bits per heavy atom. The Balaban J connectivity index is 3.86. The summed E-state index contributed by atoms with van der Waals surface area (Å²) < 4.78 is 5.20. The lowest BCUT2D eigenvalue weighted by Crippen LogP contribution is -2.27. The summed E-state index contributed by atoms with van der Waals surface area (Å²) in [7, 11) is 3.70. The van der Waals surface area contributed by atoms with Crippen LogP contribution in [-0.2, 0) is 4.74 Å². The molecule has 0 bridgehead atoms. The van der Waals surface area contributed by atoms with Gasteiger partial charge in [0.25, 0.3) is 0 Å². The monoisotopic (exact) mass is 155 g/mol. The standard InChI is InChI=1S/C9H17NO/c1-5-7-8-10(3)9(6-2)11-4/h5,7-9H,1,6H2,2-4H3/b8-7-. The number of allylic oxidation sites excluding steroid dienone is 2. The minimum absolute atomic E-state index is 0.172. The summed E-state index contributed by atoms with van der Waals surface area (Å²) in [6, 6.07) is 0. The average Bonchev–Trinajstić information content (AvgIpc) is 2.03. The van der Waals surface area contributed by atoms with Gasteiger partial charge in [-0.05, 0) is 12.5 Å². The van der Waals surface area contributed by atoms with Crippen LogP contribution in [0.2, 0.25) is 0 Å². The van der Waals surface area contributed by atoms with Gasteiger partial charge in [0, 0.05) is 20.4 Å². The molecule has 0 aliphatic rings. The summed E-state index contributed by atoms with van der Waals surface area (Å²) in [4.78, 5) is 2.02. The topological polar surface area (TPSA) is 12.5 Å². The quantitative estimate of drug-likeness (QED) is 0.445. The Kier molecular flexibility index (Phi) is 5.57. The number of hydrogen-bond donors (Lipinski definition) is 0. The van der Waals surface area contributed by atoms with Gasteiger partial charge in [-0.2, -0.15) is 0 Å². The van der Waals surface area contributed by atoms with Crippen molar-refractivity contribution in [1.82, 2.24) is 4.90 Å². The molecule has 0 rings (SSSR count). The molecule has 2 heteroatoms. The summed E-state index contributed by atoms with van der Waals surface area (Å²) in [5, 5.41) is 0. The molecule has 0 spiro atoms. The highest BCUT2D eigenvalue weighted by Crippen LogP contribution is 2.01. The maximum absolute atomic E-state index is 5.20. The first-order chi connectivity index (χ1) is 5.26. The molecule has 64 valence electrons. The van der Waals surface area contributed by atoms with Gasteiger partial charge in [0.1, 0.15) is 6.23 Å². The molecule has 0 aromatic carbocycles. The largest absolute Gasteiger partial charge is 0.362 e. The third-order valence-electron chi connectivity index (χ3n) is 1.53. The van der Waals surface area contributed by atoms with Gasteiger partial charge in [-0.3, -0.25) is 0 Å². The normalized spacial score (nSPS) is 13.4. The molecule has 2 nitrogen and oxygen atoms in total. The molecule has 0 aliphatic heterocycles. The zero-order chi connectivity index (χ0) is 8.69. The first-order valence-corrected chi connectivity index (χ1v) is 3.80. The zero-order valence-electron chi connectivity index (χ0n) is 7.58. The summed E-state index contributed by atoms with van der Waals surface area (Å²) in [5.74, 6) is 0. The fourth-order valence-corrected chi connectivity index (χ4v) is 0.914. The molecule has 0 fully saturated rings. The van der Waals surface area contributed by atoms with Gasteiger partial charge in [-0.1, -0.05) is 19.6 Å². The van der Waals surface area contributed by atoms with E-state index in [2.05, 4.69) is 13.5 Å². The Labute approximate surface area is 69.2 Å². The Hall–Kier alpha value is -0.760. The summed E-state index contributed by atoms with van der Waals surface area (Å²) in [5.41, 5.74) is 0.